The zero-order valence-electron chi connectivity index (χ0n) is 16.8. The lowest BCUT2D eigenvalue weighted by molar-refractivity contribution is 0.140. The maximum atomic E-state index is 10.3. The second kappa shape index (κ2) is 10.8. The number of hydrogen-bond donors (Lipinski definition) is 3. The zero-order valence-corrected chi connectivity index (χ0v) is 18.4. The minimum absolute atomic E-state index is 0.0960. The molecule has 0 saturated carbocycles. The fraction of sp³-hybridized carbons (Fsp3) is 0.476. The van der Waals surface area contributed by atoms with Gasteiger partial charge in [-0.15, -0.1) is 11.3 Å². The molecule has 158 valence electrons. The molecule has 2 heterocycles. The predicted octanol–water partition coefficient (Wildman–Crippen LogP) is 3.67. The molecule has 29 heavy (non-hydrogen) atoms. The molecule has 1 aliphatic heterocycles. The van der Waals surface area contributed by atoms with Gasteiger partial charge in [-0.25, -0.2) is 4.99 Å². The van der Waals surface area contributed by atoms with Crippen LogP contribution in [0.2, 0.25) is 4.34 Å². The Hall–Kier alpha value is -1.80. The van der Waals surface area contributed by atoms with Crippen LogP contribution < -0.4 is 15.4 Å². The monoisotopic (exact) mass is 437 g/mol. The molecule has 3 rings (SSSR count). The highest BCUT2D eigenvalue weighted by atomic mass is 35.5. The highest BCUT2D eigenvalue weighted by molar-refractivity contribution is 7.16. The third-order valence-corrected chi connectivity index (χ3v) is 5.87. The first-order valence-corrected chi connectivity index (χ1v) is 11.0. The first kappa shape index (κ1) is 21.9. The van der Waals surface area contributed by atoms with Crippen LogP contribution >= 0.6 is 22.9 Å². The van der Waals surface area contributed by atoms with E-state index in [1.807, 2.05) is 19.1 Å². The summed E-state index contributed by atoms with van der Waals surface area (Å²) < 4.78 is 12.2. The smallest absolute Gasteiger partial charge is 0.191 e. The Labute approximate surface area is 180 Å². The molecule has 1 saturated heterocycles. The van der Waals surface area contributed by atoms with Crippen molar-refractivity contribution in [3.8, 4) is 5.75 Å². The lowest BCUT2D eigenvalue weighted by atomic mass is 10.1. The molecule has 0 bridgehead atoms. The zero-order chi connectivity index (χ0) is 20.6. The molecule has 3 N–H and O–H groups in total. The normalized spacial score (nSPS) is 17.9. The summed E-state index contributed by atoms with van der Waals surface area (Å²) >= 11 is 7.33. The van der Waals surface area contributed by atoms with Crippen molar-refractivity contribution in [3.05, 3.63) is 50.7 Å². The van der Waals surface area contributed by atoms with Crippen LogP contribution in [0.1, 0.15) is 35.5 Å². The van der Waals surface area contributed by atoms with Crippen LogP contribution in [-0.4, -0.2) is 43.5 Å². The number of aliphatic hydroxyl groups is 1. The van der Waals surface area contributed by atoms with Gasteiger partial charge in [0.15, 0.2) is 5.96 Å². The first-order valence-electron chi connectivity index (χ1n) is 9.84. The summed E-state index contributed by atoms with van der Waals surface area (Å²) in [7, 11) is 0. The average molecular weight is 438 g/mol. The van der Waals surface area contributed by atoms with Crippen molar-refractivity contribution < 1.29 is 14.6 Å². The fourth-order valence-corrected chi connectivity index (χ4v) is 4.04. The van der Waals surface area contributed by atoms with E-state index in [1.165, 1.54) is 11.3 Å². The molecular formula is C21H28ClN3O3S. The summed E-state index contributed by atoms with van der Waals surface area (Å²) in [6.45, 7) is 6.98. The Morgan fingerprint density at radius 1 is 1.38 bits per heavy atom. The van der Waals surface area contributed by atoms with Gasteiger partial charge in [0.1, 0.15) is 18.0 Å². The number of hydrogen-bond acceptors (Lipinski definition) is 5. The van der Waals surface area contributed by atoms with Gasteiger partial charge in [0.2, 0.25) is 0 Å². The van der Waals surface area contributed by atoms with Crippen LogP contribution in [-0.2, 0) is 11.3 Å². The minimum Gasteiger partial charge on any atom is -0.488 e. The number of aliphatic hydroxyl groups excluding tert-OH is 1. The number of nitrogens with zero attached hydrogens (tertiary/aromatic N) is 1. The summed E-state index contributed by atoms with van der Waals surface area (Å²) in [5.41, 5.74) is 2.17. The molecule has 6 nitrogen and oxygen atoms in total. The molecule has 8 heteroatoms. The van der Waals surface area contributed by atoms with E-state index >= 15 is 0 Å². The lowest BCUT2D eigenvalue weighted by Crippen LogP contribution is -2.39. The second-order valence-electron chi connectivity index (χ2n) is 6.95. The third-order valence-electron chi connectivity index (χ3n) is 4.54. The molecule has 0 radical (unpaired) electrons. The van der Waals surface area contributed by atoms with Crippen LogP contribution in [0.15, 0.2) is 35.3 Å². The van der Waals surface area contributed by atoms with Crippen molar-refractivity contribution >= 4 is 28.9 Å². The topological polar surface area (TPSA) is 75.1 Å². The molecule has 1 aromatic carbocycles. The van der Waals surface area contributed by atoms with Crippen LogP contribution in [0.4, 0.5) is 0 Å². The van der Waals surface area contributed by atoms with Crippen LogP contribution in [0.25, 0.3) is 0 Å². The van der Waals surface area contributed by atoms with E-state index in [1.54, 1.807) is 6.07 Å². The number of aliphatic imine (C=N–C) groups is 1. The SMILES string of the molecule is CCNC(=NCc1ccc(C)cc1OC1CCOC1)NCC(O)c1ccc(Cl)s1. The van der Waals surface area contributed by atoms with Gasteiger partial charge in [0.05, 0.1) is 24.1 Å². The van der Waals surface area contributed by atoms with E-state index < -0.39 is 6.10 Å². The van der Waals surface area contributed by atoms with Crippen molar-refractivity contribution in [2.24, 2.45) is 4.99 Å². The van der Waals surface area contributed by atoms with E-state index in [0.29, 0.717) is 30.0 Å². The summed E-state index contributed by atoms with van der Waals surface area (Å²) in [6, 6.07) is 9.79. The van der Waals surface area contributed by atoms with E-state index in [-0.39, 0.29) is 6.10 Å². The van der Waals surface area contributed by atoms with Crippen molar-refractivity contribution in [2.45, 2.75) is 39.0 Å². The molecule has 2 atom stereocenters. The molecule has 0 aliphatic carbocycles. The Bertz CT molecular complexity index is 821. The standard InChI is InChI=1S/C21H28ClN3O3S/c1-3-23-21(25-12-17(26)19-6-7-20(22)29-19)24-11-15-5-4-14(2)10-18(15)28-16-8-9-27-13-16/h4-7,10,16-17,26H,3,8-9,11-13H2,1-2H3,(H2,23,24,25). The van der Waals surface area contributed by atoms with Gasteiger partial charge < -0.3 is 25.2 Å². The Balaban J connectivity index is 1.64. The molecular weight excluding hydrogens is 410 g/mol. The quantitative estimate of drug-likeness (QED) is 0.434. The van der Waals surface area contributed by atoms with E-state index in [9.17, 15) is 5.11 Å². The first-order chi connectivity index (χ1) is 14.0. The average Bonchev–Trinajstić information content (AvgIpc) is 3.36. The number of ether oxygens (including phenoxy) is 2. The van der Waals surface area contributed by atoms with Gasteiger partial charge in [-0.05, 0) is 37.6 Å². The van der Waals surface area contributed by atoms with Gasteiger partial charge in [-0.2, -0.15) is 0 Å². The highest BCUT2D eigenvalue weighted by Gasteiger charge is 2.19. The maximum Gasteiger partial charge on any atom is 0.191 e. The predicted molar refractivity (Wildman–Crippen MR) is 118 cm³/mol. The Morgan fingerprint density at radius 3 is 2.93 bits per heavy atom. The summed E-state index contributed by atoms with van der Waals surface area (Å²) in [5.74, 6) is 1.50. The number of thiophene rings is 1. The number of halogens is 1. The van der Waals surface area contributed by atoms with Crippen molar-refractivity contribution in [1.82, 2.24) is 10.6 Å². The fourth-order valence-electron chi connectivity index (χ4n) is 2.99. The van der Waals surface area contributed by atoms with Crippen molar-refractivity contribution in [2.75, 3.05) is 26.3 Å². The van der Waals surface area contributed by atoms with Crippen LogP contribution in [0.5, 0.6) is 5.75 Å². The molecule has 2 aromatic rings. The van der Waals surface area contributed by atoms with Gasteiger partial charge in [0.25, 0.3) is 0 Å². The second-order valence-corrected chi connectivity index (χ2v) is 8.70. The van der Waals surface area contributed by atoms with E-state index in [2.05, 4.69) is 34.7 Å². The minimum atomic E-state index is -0.642. The number of benzene rings is 1. The molecule has 1 aliphatic rings. The molecule has 1 aromatic heterocycles. The van der Waals surface area contributed by atoms with Gasteiger partial charge in [-0.3, -0.25) is 0 Å². The lowest BCUT2D eigenvalue weighted by Gasteiger charge is -2.17. The van der Waals surface area contributed by atoms with Gasteiger partial charge >= 0.3 is 0 Å². The van der Waals surface area contributed by atoms with Crippen molar-refractivity contribution in [1.29, 1.82) is 0 Å². The molecule has 0 amide bonds. The Kier molecular flexibility index (Phi) is 8.18. The number of nitrogens with one attached hydrogen (secondary N) is 2. The van der Waals surface area contributed by atoms with Gasteiger partial charge in [0, 0.05) is 30.0 Å². The van der Waals surface area contributed by atoms with Crippen molar-refractivity contribution in [3.63, 3.8) is 0 Å². The van der Waals surface area contributed by atoms with Crippen LogP contribution in [0.3, 0.4) is 0 Å². The number of rotatable bonds is 8. The summed E-state index contributed by atoms with van der Waals surface area (Å²) in [4.78, 5) is 5.49. The molecule has 2 unspecified atom stereocenters. The van der Waals surface area contributed by atoms with E-state index in [0.717, 1.165) is 41.3 Å². The molecule has 1 fully saturated rings. The largest absolute Gasteiger partial charge is 0.488 e. The maximum absolute atomic E-state index is 10.3. The molecule has 0 spiro atoms. The number of guanidine groups is 1. The third kappa shape index (κ3) is 6.60. The van der Waals surface area contributed by atoms with Gasteiger partial charge in [-0.1, -0.05) is 23.7 Å². The highest BCUT2D eigenvalue weighted by Crippen LogP contribution is 2.27. The Morgan fingerprint density at radius 2 is 2.24 bits per heavy atom. The summed E-state index contributed by atoms with van der Waals surface area (Å²) in [6.07, 6.45) is 0.363. The van der Waals surface area contributed by atoms with E-state index in [4.69, 9.17) is 21.1 Å². The van der Waals surface area contributed by atoms with Crippen LogP contribution in [0, 0.1) is 6.92 Å². The number of aryl methyl sites for hydroxylation is 1. The summed E-state index contributed by atoms with van der Waals surface area (Å²) in [5, 5.41) is 16.8.